The largest absolute Gasteiger partial charge is 0.495 e. The topological polar surface area (TPSA) is 67.5 Å². The molecule has 1 aromatic rings. The minimum absolute atomic E-state index is 0.435. The fourth-order valence-corrected chi connectivity index (χ4v) is 1.19. The number of anilines is 2. The van der Waals surface area contributed by atoms with Crippen molar-refractivity contribution < 1.29 is 9.84 Å². The van der Waals surface area contributed by atoms with E-state index in [0.29, 0.717) is 18.0 Å². The van der Waals surface area contributed by atoms with Crippen LogP contribution in [-0.4, -0.2) is 24.4 Å². The zero-order valence-electron chi connectivity index (χ0n) is 9.37. The summed E-state index contributed by atoms with van der Waals surface area (Å²) in [7, 11) is 1.57. The molecule has 0 unspecified atom stereocenters. The predicted octanol–water partition coefficient (Wildman–Crippen LogP) is 1.46. The van der Waals surface area contributed by atoms with Crippen molar-refractivity contribution in [3.8, 4) is 5.75 Å². The van der Waals surface area contributed by atoms with Gasteiger partial charge in [-0.25, -0.2) is 0 Å². The minimum Gasteiger partial charge on any atom is -0.495 e. The van der Waals surface area contributed by atoms with Crippen LogP contribution in [0.25, 0.3) is 0 Å². The van der Waals surface area contributed by atoms with Crippen LogP contribution in [0.15, 0.2) is 18.2 Å². The lowest BCUT2D eigenvalue weighted by molar-refractivity contribution is 0.0945. The standard InChI is InChI=1S/C11H18N2O2/c1-11(2,14)7-13-8-5-4-6-9(15-3)10(8)12/h4-6,13-14H,7,12H2,1-3H3. The Hall–Kier alpha value is -1.42. The highest BCUT2D eigenvalue weighted by Crippen LogP contribution is 2.29. The van der Waals surface area contributed by atoms with Gasteiger partial charge in [0.2, 0.25) is 0 Å². The number of hydrogen-bond acceptors (Lipinski definition) is 4. The van der Waals surface area contributed by atoms with Gasteiger partial charge in [0.15, 0.2) is 0 Å². The molecule has 1 aromatic carbocycles. The van der Waals surface area contributed by atoms with Crippen molar-refractivity contribution in [3.63, 3.8) is 0 Å². The molecule has 4 nitrogen and oxygen atoms in total. The van der Waals surface area contributed by atoms with Gasteiger partial charge in [0.05, 0.1) is 24.1 Å². The second kappa shape index (κ2) is 4.40. The van der Waals surface area contributed by atoms with Gasteiger partial charge in [-0.2, -0.15) is 0 Å². The molecule has 84 valence electrons. The summed E-state index contributed by atoms with van der Waals surface area (Å²) in [6.07, 6.45) is 0. The molecule has 4 N–H and O–H groups in total. The van der Waals surface area contributed by atoms with Gasteiger partial charge >= 0.3 is 0 Å². The molecule has 0 heterocycles. The van der Waals surface area contributed by atoms with E-state index in [1.807, 2.05) is 12.1 Å². The first-order valence-corrected chi connectivity index (χ1v) is 4.83. The van der Waals surface area contributed by atoms with Crippen molar-refractivity contribution in [1.29, 1.82) is 0 Å². The molecule has 0 aliphatic heterocycles. The highest BCUT2D eigenvalue weighted by Gasteiger charge is 2.13. The zero-order valence-corrected chi connectivity index (χ0v) is 9.37. The third-order valence-corrected chi connectivity index (χ3v) is 2.00. The maximum absolute atomic E-state index is 9.56. The molecular formula is C11H18N2O2. The third kappa shape index (κ3) is 3.32. The van der Waals surface area contributed by atoms with Crippen LogP contribution in [0.4, 0.5) is 11.4 Å². The number of benzene rings is 1. The van der Waals surface area contributed by atoms with Gasteiger partial charge in [-0.05, 0) is 26.0 Å². The Kier molecular flexibility index (Phi) is 3.42. The molecule has 0 radical (unpaired) electrons. The van der Waals surface area contributed by atoms with E-state index in [9.17, 15) is 5.11 Å². The van der Waals surface area contributed by atoms with E-state index in [1.165, 1.54) is 0 Å². The van der Waals surface area contributed by atoms with Crippen molar-refractivity contribution in [1.82, 2.24) is 0 Å². The first-order chi connectivity index (χ1) is 6.94. The number of nitrogens with two attached hydrogens (primary N) is 1. The molecule has 0 aliphatic carbocycles. The average molecular weight is 210 g/mol. The second-order valence-corrected chi connectivity index (χ2v) is 4.09. The van der Waals surface area contributed by atoms with E-state index in [-0.39, 0.29) is 0 Å². The van der Waals surface area contributed by atoms with Gasteiger partial charge in [0.1, 0.15) is 5.75 Å². The average Bonchev–Trinajstić information content (AvgIpc) is 2.15. The van der Waals surface area contributed by atoms with E-state index in [1.54, 1.807) is 27.0 Å². The summed E-state index contributed by atoms with van der Waals surface area (Å²) < 4.78 is 5.09. The van der Waals surface area contributed by atoms with Crippen LogP contribution in [0.2, 0.25) is 0 Å². The maximum Gasteiger partial charge on any atom is 0.143 e. The van der Waals surface area contributed by atoms with Crippen molar-refractivity contribution >= 4 is 11.4 Å². The van der Waals surface area contributed by atoms with E-state index in [2.05, 4.69) is 5.32 Å². The summed E-state index contributed by atoms with van der Waals surface area (Å²) in [6, 6.07) is 5.50. The SMILES string of the molecule is COc1cccc(NCC(C)(C)O)c1N. The maximum atomic E-state index is 9.56. The van der Waals surface area contributed by atoms with Gasteiger partial charge in [-0.3, -0.25) is 0 Å². The summed E-state index contributed by atoms with van der Waals surface area (Å²) in [5.41, 5.74) is 6.42. The fourth-order valence-electron chi connectivity index (χ4n) is 1.19. The summed E-state index contributed by atoms with van der Waals surface area (Å²) in [5, 5.41) is 12.6. The number of nitrogen functional groups attached to an aromatic ring is 1. The Balaban J connectivity index is 2.78. The molecule has 0 saturated carbocycles. The van der Waals surface area contributed by atoms with Crippen LogP contribution in [0, 0.1) is 0 Å². The Labute approximate surface area is 90.1 Å². The predicted molar refractivity (Wildman–Crippen MR) is 62.2 cm³/mol. The van der Waals surface area contributed by atoms with Gasteiger partial charge in [-0.15, -0.1) is 0 Å². The molecule has 0 saturated heterocycles. The molecule has 0 spiro atoms. The van der Waals surface area contributed by atoms with Gasteiger partial charge in [0.25, 0.3) is 0 Å². The van der Waals surface area contributed by atoms with E-state index < -0.39 is 5.60 Å². The van der Waals surface area contributed by atoms with Gasteiger partial charge in [0, 0.05) is 6.54 Å². The Morgan fingerprint density at radius 2 is 2.13 bits per heavy atom. The Morgan fingerprint density at radius 1 is 1.47 bits per heavy atom. The lowest BCUT2D eigenvalue weighted by atomic mass is 10.1. The quantitative estimate of drug-likeness (QED) is 0.658. The van der Waals surface area contributed by atoms with E-state index >= 15 is 0 Å². The molecule has 0 aromatic heterocycles. The molecule has 0 amide bonds. The zero-order chi connectivity index (χ0) is 11.5. The molecule has 15 heavy (non-hydrogen) atoms. The van der Waals surface area contributed by atoms with Crippen molar-refractivity contribution in [2.45, 2.75) is 19.4 Å². The minimum atomic E-state index is -0.768. The van der Waals surface area contributed by atoms with Crippen LogP contribution in [0.1, 0.15) is 13.8 Å². The Morgan fingerprint density at radius 3 is 2.67 bits per heavy atom. The fraction of sp³-hybridized carbons (Fsp3) is 0.455. The third-order valence-electron chi connectivity index (χ3n) is 2.00. The summed E-state index contributed by atoms with van der Waals surface area (Å²) in [4.78, 5) is 0. The first kappa shape index (κ1) is 11.7. The lowest BCUT2D eigenvalue weighted by Gasteiger charge is -2.20. The van der Waals surface area contributed by atoms with E-state index in [0.717, 1.165) is 5.69 Å². The number of aliphatic hydroxyl groups is 1. The number of para-hydroxylation sites is 1. The smallest absolute Gasteiger partial charge is 0.143 e. The first-order valence-electron chi connectivity index (χ1n) is 4.83. The molecular weight excluding hydrogens is 192 g/mol. The van der Waals surface area contributed by atoms with Crippen molar-refractivity contribution in [2.75, 3.05) is 24.7 Å². The van der Waals surface area contributed by atoms with Gasteiger partial charge < -0.3 is 20.9 Å². The second-order valence-electron chi connectivity index (χ2n) is 4.09. The highest BCUT2D eigenvalue weighted by atomic mass is 16.5. The lowest BCUT2D eigenvalue weighted by Crippen LogP contribution is -2.29. The molecule has 1 rings (SSSR count). The summed E-state index contributed by atoms with van der Waals surface area (Å²) >= 11 is 0. The van der Waals surface area contributed by atoms with Gasteiger partial charge in [-0.1, -0.05) is 6.07 Å². The van der Waals surface area contributed by atoms with E-state index in [4.69, 9.17) is 10.5 Å². The monoisotopic (exact) mass is 210 g/mol. The summed E-state index contributed by atoms with van der Waals surface area (Å²) in [5.74, 6) is 0.635. The van der Waals surface area contributed by atoms with Crippen LogP contribution in [-0.2, 0) is 0 Å². The van der Waals surface area contributed by atoms with Crippen LogP contribution < -0.4 is 15.8 Å². The highest BCUT2D eigenvalue weighted by molar-refractivity contribution is 5.72. The number of nitrogens with one attached hydrogen (secondary N) is 1. The normalized spacial score (nSPS) is 11.2. The molecule has 0 bridgehead atoms. The number of methoxy groups -OCH3 is 1. The van der Waals surface area contributed by atoms with Crippen LogP contribution in [0.5, 0.6) is 5.75 Å². The molecule has 0 fully saturated rings. The molecule has 0 atom stereocenters. The molecule has 0 aliphatic rings. The molecule has 4 heteroatoms. The number of ether oxygens (including phenoxy) is 1. The number of rotatable bonds is 4. The van der Waals surface area contributed by atoms with Crippen molar-refractivity contribution in [2.24, 2.45) is 0 Å². The van der Waals surface area contributed by atoms with Crippen molar-refractivity contribution in [3.05, 3.63) is 18.2 Å². The van der Waals surface area contributed by atoms with Crippen LogP contribution >= 0.6 is 0 Å². The van der Waals surface area contributed by atoms with Crippen LogP contribution in [0.3, 0.4) is 0 Å². The summed E-state index contributed by atoms with van der Waals surface area (Å²) in [6.45, 7) is 3.90. The Bertz CT molecular complexity index is 332. The number of hydrogen-bond donors (Lipinski definition) is 3.